The summed E-state index contributed by atoms with van der Waals surface area (Å²) in [5.74, 6) is -0.102. The van der Waals surface area contributed by atoms with E-state index >= 15 is 0 Å². The third-order valence-corrected chi connectivity index (χ3v) is 4.29. The minimum Gasteiger partial charge on any atom is -0.317 e. The first-order valence-corrected chi connectivity index (χ1v) is 8.12. The van der Waals surface area contributed by atoms with Gasteiger partial charge in [0.2, 0.25) is 5.91 Å². The minimum absolute atomic E-state index is 0.102. The molecule has 1 amide bonds. The molecule has 0 bridgehead atoms. The molecule has 0 saturated carbocycles. The Morgan fingerprint density at radius 3 is 2.77 bits per heavy atom. The summed E-state index contributed by atoms with van der Waals surface area (Å²) in [4.78, 5) is 11.9. The molecule has 0 fully saturated rings. The molecule has 6 heteroatoms. The van der Waals surface area contributed by atoms with Gasteiger partial charge in [-0.25, -0.2) is 0 Å². The van der Waals surface area contributed by atoms with E-state index in [1.54, 1.807) is 11.4 Å². The molecule has 0 aliphatic heterocycles. The molecule has 114 valence electrons. The van der Waals surface area contributed by atoms with Gasteiger partial charge in [0.05, 0.1) is 5.56 Å². The number of nitrogens with one attached hydrogen (secondary N) is 2. The SMILES string of the molecule is C[C@@H](NCCC(=O)Nc1sccc1C#N)c1ccc(Cl)cc1. The fraction of sp³-hybridized carbons (Fsp3) is 0.250. The molecule has 0 radical (unpaired) electrons. The lowest BCUT2D eigenvalue weighted by Crippen LogP contribution is -2.24. The molecule has 22 heavy (non-hydrogen) atoms. The van der Waals surface area contributed by atoms with E-state index in [-0.39, 0.29) is 11.9 Å². The Labute approximate surface area is 138 Å². The lowest BCUT2D eigenvalue weighted by molar-refractivity contribution is -0.116. The summed E-state index contributed by atoms with van der Waals surface area (Å²) in [6.07, 6.45) is 0.348. The summed E-state index contributed by atoms with van der Waals surface area (Å²) >= 11 is 7.21. The zero-order chi connectivity index (χ0) is 15.9. The predicted octanol–water partition coefficient (Wildman–Crippen LogP) is 3.95. The molecule has 2 aromatic rings. The molecule has 2 N–H and O–H groups in total. The monoisotopic (exact) mass is 333 g/mol. The highest BCUT2D eigenvalue weighted by Crippen LogP contribution is 2.22. The van der Waals surface area contributed by atoms with Crippen LogP contribution < -0.4 is 10.6 Å². The maximum Gasteiger partial charge on any atom is 0.226 e. The van der Waals surface area contributed by atoms with E-state index in [2.05, 4.69) is 16.7 Å². The summed E-state index contributed by atoms with van der Waals surface area (Å²) in [7, 11) is 0. The largest absolute Gasteiger partial charge is 0.317 e. The van der Waals surface area contributed by atoms with Crippen LogP contribution in [0.1, 0.15) is 30.5 Å². The Kier molecular flexibility index (Phi) is 5.96. The molecular formula is C16H16ClN3OS. The molecule has 4 nitrogen and oxygen atoms in total. The molecule has 0 spiro atoms. The van der Waals surface area contributed by atoms with Crippen molar-refractivity contribution in [2.75, 3.05) is 11.9 Å². The maximum absolute atomic E-state index is 11.9. The second-order valence-electron chi connectivity index (χ2n) is 4.80. The number of thiophene rings is 1. The number of carbonyl (C=O) groups excluding carboxylic acids is 1. The van der Waals surface area contributed by atoms with Crippen LogP contribution in [0.5, 0.6) is 0 Å². The van der Waals surface area contributed by atoms with Gasteiger partial charge in [-0.15, -0.1) is 11.3 Å². The van der Waals surface area contributed by atoms with Crippen molar-refractivity contribution in [1.29, 1.82) is 5.26 Å². The zero-order valence-corrected chi connectivity index (χ0v) is 13.7. The van der Waals surface area contributed by atoms with Gasteiger partial charge in [0.25, 0.3) is 0 Å². The highest BCUT2D eigenvalue weighted by Gasteiger charge is 2.09. The van der Waals surface area contributed by atoms with E-state index < -0.39 is 0 Å². The third-order valence-electron chi connectivity index (χ3n) is 3.21. The first kappa shape index (κ1) is 16.5. The number of nitriles is 1. The molecule has 1 aromatic carbocycles. The zero-order valence-electron chi connectivity index (χ0n) is 12.1. The van der Waals surface area contributed by atoms with Crippen molar-refractivity contribution in [2.45, 2.75) is 19.4 Å². The van der Waals surface area contributed by atoms with Gasteiger partial charge in [0.1, 0.15) is 11.1 Å². The lowest BCUT2D eigenvalue weighted by Gasteiger charge is -2.14. The molecule has 0 unspecified atom stereocenters. The molecule has 0 aliphatic rings. The molecular weight excluding hydrogens is 318 g/mol. The van der Waals surface area contributed by atoms with Crippen molar-refractivity contribution >= 4 is 33.8 Å². The minimum atomic E-state index is -0.102. The van der Waals surface area contributed by atoms with Crippen LogP contribution in [0.15, 0.2) is 35.7 Å². The fourth-order valence-electron chi connectivity index (χ4n) is 1.95. The van der Waals surface area contributed by atoms with Gasteiger partial charge >= 0.3 is 0 Å². The van der Waals surface area contributed by atoms with Crippen LogP contribution in [0.3, 0.4) is 0 Å². The predicted molar refractivity (Wildman–Crippen MR) is 90.2 cm³/mol. The van der Waals surface area contributed by atoms with Gasteiger partial charge in [-0.2, -0.15) is 5.26 Å². The van der Waals surface area contributed by atoms with Gasteiger partial charge in [0.15, 0.2) is 0 Å². The van der Waals surface area contributed by atoms with Gasteiger partial charge < -0.3 is 10.6 Å². The number of hydrogen-bond acceptors (Lipinski definition) is 4. The van der Waals surface area contributed by atoms with Crippen molar-refractivity contribution in [3.63, 3.8) is 0 Å². The van der Waals surface area contributed by atoms with Crippen molar-refractivity contribution in [3.8, 4) is 6.07 Å². The maximum atomic E-state index is 11.9. The Hall–Kier alpha value is -1.87. The van der Waals surface area contributed by atoms with Crippen LogP contribution >= 0.6 is 22.9 Å². The average Bonchev–Trinajstić information content (AvgIpc) is 2.95. The van der Waals surface area contributed by atoms with Crippen molar-refractivity contribution in [1.82, 2.24) is 5.32 Å². The number of amides is 1. The summed E-state index contributed by atoms with van der Waals surface area (Å²) < 4.78 is 0. The third kappa shape index (κ3) is 4.57. The number of nitrogens with zero attached hydrogens (tertiary/aromatic N) is 1. The molecule has 1 atom stereocenters. The van der Waals surface area contributed by atoms with Crippen LogP contribution in [-0.4, -0.2) is 12.5 Å². The number of carbonyl (C=O) groups is 1. The molecule has 1 heterocycles. The first-order chi connectivity index (χ1) is 10.6. The smallest absolute Gasteiger partial charge is 0.226 e. The van der Waals surface area contributed by atoms with Gasteiger partial charge in [-0.3, -0.25) is 4.79 Å². The summed E-state index contributed by atoms with van der Waals surface area (Å²) in [5, 5.41) is 18.1. The van der Waals surface area contributed by atoms with Crippen LogP contribution in [0.4, 0.5) is 5.00 Å². The van der Waals surface area contributed by atoms with E-state index in [0.29, 0.717) is 28.6 Å². The average molecular weight is 334 g/mol. The Morgan fingerprint density at radius 1 is 1.36 bits per heavy atom. The second kappa shape index (κ2) is 7.95. The van der Waals surface area contributed by atoms with Crippen LogP contribution in [-0.2, 0) is 4.79 Å². The molecule has 2 rings (SSSR count). The topological polar surface area (TPSA) is 64.9 Å². The number of anilines is 1. The second-order valence-corrected chi connectivity index (χ2v) is 6.15. The van der Waals surface area contributed by atoms with Gasteiger partial charge in [0, 0.05) is 24.0 Å². The quantitative estimate of drug-likeness (QED) is 0.841. The summed E-state index contributed by atoms with van der Waals surface area (Å²) in [5.41, 5.74) is 1.62. The number of halogens is 1. The fourth-order valence-corrected chi connectivity index (χ4v) is 2.83. The Morgan fingerprint density at radius 2 is 2.09 bits per heavy atom. The van der Waals surface area contributed by atoms with E-state index in [4.69, 9.17) is 16.9 Å². The lowest BCUT2D eigenvalue weighted by atomic mass is 10.1. The highest BCUT2D eigenvalue weighted by atomic mass is 35.5. The molecule has 0 aliphatic carbocycles. The van der Waals surface area contributed by atoms with Crippen molar-refractivity contribution in [3.05, 3.63) is 51.9 Å². The Bertz CT molecular complexity index is 675. The number of benzene rings is 1. The van der Waals surface area contributed by atoms with Crippen molar-refractivity contribution < 1.29 is 4.79 Å². The van der Waals surface area contributed by atoms with Crippen LogP contribution in [0.25, 0.3) is 0 Å². The number of rotatable bonds is 6. The Balaban J connectivity index is 1.77. The molecule has 1 aromatic heterocycles. The van der Waals surface area contributed by atoms with Crippen LogP contribution in [0, 0.1) is 11.3 Å². The van der Waals surface area contributed by atoms with E-state index in [1.165, 1.54) is 11.3 Å². The van der Waals surface area contributed by atoms with E-state index in [9.17, 15) is 4.79 Å². The van der Waals surface area contributed by atoms with E-state index in [0.717, 1.165) is 5.56 Å². The highest BCUT2D eigenvalue weighted by molar-refractivity contribution is 7.14. The van der Waals surface area contributed by atoms with Crippen LogP contribution in [0.2, 0.25) is 5.02 Å². The normalized spacial score (nSPS) is 11.7. The van der Waals surface area contributed by atoms with E-state index in [1.807, 2.05) is 31.2 Å². The van der Waals surface area contributed by atoms with Gasteiger partial charge in [-0.1, -0.05) is 23.7 Å². The first-order valence-electron chi connectivity index (χ1n) is 6.86. The van der Waals surface area contributed by atoms with Crippen molar-refractivity contribution in [2.24, 2.45) is 0 Å². The standard InChI is InChI=1S/C16H16ClN3OS/c1-11(12-2-4-14(17)5-3-12)19-8-6-15(21)20-16-13(10-18)7-9-22-16/h2-5,7,9,11,19H,6,8H2,1H3,(H,20,21)/t11-/m1/s1. The summed E-state index contributed by atoms with van der Waals surface area (Å²) in [6.45, 7) is 2.59. The summed E-state index contributed by atoms with van der Waals surface area (Å²) in [6, 6.07) is 11.5. The molecule has 0 saturated heterocycles. The number of hydrogen-bond donors (Lipinski definition) is 2. The van der Waals surface area contributed by atoms with Gasteiger partial charge in [-0.05, 0) is 36.1 Å².